The van der Waals surface area contributed by atoms with E-state index in [-0.39, 0.29) is 41.4 Å². The highest BCUT2D eigenvalue weighted by Crippen LogP contribution is 2.69. The molecule has 0 radical (unpaired) electrons. The second-order valence-corrected chi connectivity index (χ2v) is 14.3. The molecule has 0 spiro atoms. The van der Waals surface area contributed by atoms with Gasteiger partial charge >= 0.3 is 12.1 Å². The number of carbonyl (C=O) groups excluding carboxylic acids is 1. The summed E-state index contributed by atoms with van der Waals surface area (Å²) in [4.78, 5) is 12.8. The number of cyclic esters (lactones) is 1. The number of rotatable bonds is 2. The molecule has 4 N–H and O–H groups in total. The quantitative estimate of drug-likeness (QED) is 0.369. The van der Waals surface area contributed by atoms with Crippen molar-refractivity contribution in [2.24, 2.45) is 46.3 Å². The summed E-state index contributed by atoms with van der Waals surface area (Å²) in [6, 6.07) is 0. The van der Waals surface area contributed by atoms with E-state index in [1.807, 2.05) is 6.92 Å². The lowest BCUT2D eigenvalue weighted by molar-refractivity contribution is -0.340. The molecule has 2 aliphatic heterocycles. The number of hydrogen-bond donors (Lipinski definition) is 4. The predicted octanol–water partition coefficient (Wildman–Crippen LogP) is 3.28. The van der Waals surface area contributed by atoms with E-state index in [0.29, 0.717) is 30.6 Å². The van der Waals surface area contributed by atoms with Crippen molar-refractivity contribution in [3.63, 3.8) is 0 Å². The highest BCUT2D eigenvalue weighted by Gasteiger charge is 2.66. The first-order valence-corrected chi connectivity index (χ1v) is 15.0. The van der Waals surface area contributed by atoms with Crippen LogP contribution in [-0.2, 0) is 19.0 Å². The Balaban J connectivity index is 1.17. The van der Waals surface area contributed by atoms with Crippen molar-refractivity contribution in [2.75, 3.05) is 0 Å². The molecule has 228 valence electrons. The molecule has 6 aliphatic rings. The Labute approximate surface area is 232 Å². The maximum atomic E-state index is 13.7. The fourth-order valence-corrected chi connectivity index (χ4v) is 10.4. The number of alkyl halides is 3. The number of aliphatic hydroxyl groups excluding tert-OH is 3. The van der Waals surface area contributed by atoms with E-state index in [1.54, 1.807) is 0 Å². The first kappa shape index (κ1) is 29.1. The molecule has 6 rings (SSSR count). The van der Waals surface area contributed by atoms with Gasteiger partial charge in [-0.2, -0.15) is 13.2 Å². The minimum atomic E-state index is -4.60. The van der Waals surface area contributed by atoms with E-state index in [9.17, 15) is 38.4 Å². The topological polar surface area (TPSA) is 126 Å². The maximum absolute atomic E-state index is 13.7. The van der Waals surface area contributed by atoms with Gasteiger partial charge in [-0.1, -0.05) is 20.8 Å². The second-order valence-electron chi connectivity index (χ2n) is 14.3. The molecular weight excluding hydrogens is 533 g/mol. The van der Waals surface area contributed by atoms with Crippen LogP contribution >= 0.6 is 0 Å². The zero-order chi connectivity index (χ0) is 29.0. The van der Waals surface area contributed by atoms with Crippen molar-refractivity contribution in [3.8, 4) is 0 Å². The third-order valence-electron chi connectivity index (χ3n) is 12.7. The van der Waals surface area contributed by atoms with Gasteiger partial charge in [-0.3, -0.25) is 0 Å². The summed E-state index contributed by atoms with van der Waals surface area (Å²) in [7, 11) is 0. The summed E-state index contributed by atoms with van der Waals surface area (Å²) in [5.74, 6) is 0.210. The zero-order valence-corrected chi connectivity index (χ0v) is 23.3. The van der Waals surface area contributed by atoms with Gasteiger partial charge in [0, 0.05) is 5.92 Å². The average molecular weight is 577 g/mol. The summed E-state index contributed by atoms with van der Waals surface area (Å²) < 4.78 is 57.8. The van der Waals surface area contributed by atoms with Gasteiger partial charge < -0.3 is 34.6 Å². The van der Waals surface area contributed by atoms with Crippen molar-refractivity contribution in [2.45, 2.75) is 127 Å². The van der Waals surface area contributed by atoms with E-state index in [4.69, 9.17) is 14.2 Å². The summed E-state index contributed by atoms with van der Waals surface area (Å²) in [6.45, 7) is 6.45. The third-order valence-corrected chi connectivity index (χ3v) is 12.7. The predicted molar refractivity (Wildman–Crippen MR) is 133 cm³/mol. The zero-order valence-electron chi connectivity index (χ0n) is 23.3. The minimum Gasteiger partial charge on any atom is -0.433 e. The molecule has 2 heterocycles. The lowest BCUT2D eigenvalue weighted by Crippen LogP contribution is -2.65. The Morgan fingerprint density at radius 3 is 2.30 bits per heavy atom. The van der Waals surface area contributed by atoms with Crippen LogP contribution in [0.4, 0.5) is 13.2 Å². The lowest BCUT2D eigenvalue weighted by atomic mass is 9.43. The fraction of sp³-hybridized carbons (Fsp3) is 0.966. The molecule has 15 atom stereocenters. The minimum absolute atomic E-state index is 0.0604. The van der Waals surface area contributed by atoms with Crippen LogP contribution in [0, 0.1) is 46.3 Å². The van der Waals surface area contributed by atoms with Gasteiger partial charge in [-0.25, -0.2) is 4.79 Å². The number of esters is 1. The molecule has 11 heteroatoms. The number of fused-ring (bicyclic) bond motifs is 6. The van der Waals surface area contributed by atoms with Crippen LogP contribution in [0.15, 0.2) is 0 Å². The number of halogens is 3. The first-order chi connectivity index (χ1) is 18.6. The highest BCUT2D eigenvalue weighted by atomic mass is 19.4. The van der Waals surface area contributed by atoms with Crippen molar-refractivity contribution < 1.29 is 52.6 Å². The molecule has 0 amide bonds. The molecule has 40 heavy (non-hydrogen) atoms. The molecule has 4 saturated carbocycles. The van der Waals surface area contributed by atoms with Crippen LogP contribution in [0.1, 0.15) is 78.6 Å². The fourth-order valence-electron chi connectivity index (χ4n) is 10.4. The number of ether oxygens (including phenoxy) is 3. The van der Waals surface area contributed by atoms with Crippen LogP contribution in [-0.4, -0.2) is 75.2 Å². The van der Waals surface area contributed by atoms with Gasteiger partial charge in [-0.05, 0) is 98.2 Å². The van der Waals surface area contributed by atoms with Gasteiger partial charge in [0.05, 0.1) is 0 Å². The number of hydrogen-bond acceptors (Lipinski definition) is 8. The standard InChI is InChI=1S/C29H43F3O8/c1-13(25-39-21-19(33)20(34)23(35)38-22(21)24(36)40-25)16-6-7-17-15-5-4-14-12-28(37,29(30,31)32)11-10-26(14,2)18(15)8-9-27(16,17)3/h13-23,25,33-35,37H,4-12H2,1-3H3/t13-,14+,15-,16+,17-,18-,19+,20+,21-,22?,23+,25-,26-,27+,28+/m0/s1. The van der Waals surface area contributed by atoms with Crippen molar-refractivity contribution in [3.05, 3.63) is 0 Å². The van der Waals surface area contributed by atoms with E-state index >= 15 is 0 Å². The molecule has 8 nitrogen and oxygen atoms in total. The van der Waals surface area contributed by atoms with Crippen LogP contribution in [0.2, 0.25) is 0 Å². The highest BCUT2D eigenvalue weighted by molar-refractivity contribution is 5.76. The largest absolute Gasteiger partial charge is 0.433 e. The maximum Gasteiger partial charge on any atom is 0.417 e. The SMILES string of the molecule is C[C@H]([C@@H]1OC(=O)C2O[C@@H](O)[C@H](O)[C@@H](O)[C@@H]2O1)[C@H]1CC[C@H]2[C@@H]3CC[C@@H]4C[C@@](O)(C(F)(F)F)CC[C@]4(C)[C@H]3CC[C@]12C. The van der Waals surface area contributed by atoms with E-state index in [2.05, 4.69) is 13.8 Å². The van der Waals surface area contributed by atoms with E-state index in [0.717, 1.165) is 32.1 Å². The molecule has 2 saturated heterocycles. The molecular formula is C29H43F3O8. The smallest absolute Gasteiger partial charge is 0.417 e. The summed E-state index contributed by atoms with van der Waals surface area (Å²) in [5.41, 5.74) is -2.86. The van der Waals surface area contributed by atoms with Crippen molar-refractivity contribution in [1.82, 2.24) is 0 Å². The van der Waals surface area contributed by atoms with Gasteiger partial charge in [0.15, 0.2) is 18.0 Å². The molecule has 0 aromatic rings. The lowest BCUT2D eigenvalue weighted by Gasteiger charge is -2.62. The molecule has 0 aromatic heterocycles. The van der Waals surface area contributed by atoms with Gasteiger partial charge in [0.1, 0.15) is 18.3 Å². The summed E-state index contributed by atoms with van der Waals surface area (Å²) in [6.07, 6.45) is -7.57. The Morgan fingerprint density at radius 1 is 0.900 bits per heavy atom. The Kier molecular flexibility index (Phi) is 6.92. The van der Waals surface area contributed by atoms with Crippen LogP contribution in [0.3, 0.4) is 0 Å². The summed E-state index contributed by atoms with van der Waals surface area (Å²) >= 11 is 0. The Hall–Kier alpha value is -0.980. The Bertz CT molecular complexity index is 1010. The second kappa shape index (κ2) is 9.51. The normalized spacial score (nSPS) is 55.4. The van der Waals surface area contributed by atoms with Crippen LogP contribution in [0.5, 0.6) is 0 Å². The Morgan fingerprint density at radius 2 is 1.60 bits per heavy atom. The number of aliphatic hydroxyl groups is 4. The van der Waals surface area contributed by atoms with E-state index < -0.39 is 54.7 Å². The molecule has 6 fully saturated rings. The van der Waals surface area contributed by atoms with Crippen molar-refractivity contribution >= 4 is 5.97 Å². The monoisotopic (exact) mass is 576 g/mol. The van der Waals surface area contributed by atoms with Crippen LogP contribution in [0.25, 0.3) is 0 Å². The molecule has 0 bridgehead atoms. The molecule has 1 unspecified atom stereocenters. The molecule has 4 aliphatic carbocycles. The average Bonchev–Trinajstić information content (AvgIpc) is 3.24. The summed E-state index contributed by atoms with van der Waals surface area (Å²) in [5, 5.41) is 40.8. The molecule has 0 aromatic carbocycles. The van der Waals surface area contributed by atoms with Gasteiger partial charge in [-0.15, -0.1) is 0 Å². The van der Waals surface area contributed by atoms with Gasteiger partial charge in [0.25, 0.3) is 0 Å². The third kappa shape index (κ3) is 4.12. The number of carbonyl (C=O) groups is 1. The van der Waals surface area contributed by atoms with Crippen molar-refractivity contribution in [1.29, 1.82) is 0 Å². The van der Waals surface area contributed by atoms with Crippen LogP contribution < -0.4 is 0 Å². The van der Waals surface area contributed by atoms with Gasteiger partial charge in [0.2, 0.25) is 6.29 Å². The van der Waals surface area contributed by atoms with E-state index in [1.165, 1.54) is 0 Å². The first-order valence-electron chi connectivity index (χ1n) is 15.0.